The van der Waals surface area contributed by atoms with Gasteiger partial charge in [-0.3, -0.25) is 9.59 Å². The van der Waals surface area contributed by atoms with Crippen molar-refractivity contribution in [1.82, 2.24) is 10.6 Å². The summed E-state index contributed by atoms with van der Waals surface area (Å²) in [7, 11) is -3.88. The van der Waals surface area contributed by atoms with Crippen molar-refractivity contribution in [3.8, 4) is 0 Å². The van der Waals surface area contributed by atoms with E-state index in [9.17, 15) is 18.0 Å². The van der Waals surface area contributed by atoms with Gasteiger partial charge >= 0.3 is 11.8 Å². The first-order valence-corrected chi connectivity index (χ1v) is 9.87. The molecule has 0 saturated carbocycles. The average Bonchev–Trinajstić information content (AvgIpc) is 3.14. The number of hydrogen-bond acceptors (Lipinski definition) is 5. The minimum atomic E-state index is -3.88. The summed E-state index contributed by atoms with van der Waals surface area (Å²) in [6.45, 7) is 1.90. The molecule has 0 aliphatic rings. The highest BCUT2D eigenvalue weighted by Gasteiger charge is 2.32. The maximum Gasteiger partial charge on any atom is 0.309 e. The summed E-state index contributed by atoms with van der Waals surface area (Å²) in [5.74, 6) is -1.55. The van der Waals surface area contributed by atoms with Gasteiger partial charge in [0, 0.05) is 18.1 Å². The number of furan rings is 1. The molecule has 0 aliphatic carbocycles. The lowest BCUT2D eigenvalue weighted by atomic mass is 10.3. The largest absolute Gasteiger partial charge is 0.468 e. The van der Waals surface area contributed by atoms with E-state index in [4.69, 9.17) is 16.0 Å². The molecular weight excluding hydrogens is 380 g/mol. The Morgan fingerprint density at radius 1 is 1.12 bits per heavy atom. The minimum Gasteiger partial charge on any atom is -0.468 e. The van der Waals surface area contributed by atoms with Gasteiger partial charge in [0.05, 0.1) is 11.2 Å². The summed E-state index contributed by atoms with van der Waals surface area (Å²) in [5, 5.41) is 4.00. The second-order valence-corrected chi connectivity index (χ2v) is 8.04. The molecule has 0 spiro atoms. The molecule has 1 atom stereocenters. The molecule has 7 nitrogen and oxygen atoms in total. The molecule has 1 aromatic carbocycles. The van der Waals surface area contributed by atoms with Gasteiger partial charge in [0.2, 0.25) is 0 Å². The summed E-state index contributed by atoms with van der Waals surface area (Å²) in [4.78, 5) is 23.5. The zero-order valence-corrected chi connectivity index (χ0v) is 15.6. The van der Waals surface area contributed by atoms with Crippen molar-refractivity contribution in [2.45, 2.75) is 23.5 Å². The van der Waals surface area contributed by atoms with Crippen LogP contribution in [0.5, 0.6) is 0 Å². The second-order valence-electron chi connectivity index (χ2n) is 5.47. The van der Waals surface area contributed by atoms with Gasteiger partial charge in [-0.05, 0) is 42.8 Å². The summed E-state index contributed by atoms with van der Waals surface area (Å²) in [6.07, 6.45) is 2.02. The number of sulfone groups is 1. The van der Waals surface area contributed by atoms with Crippen LogP contribution in [0.25, 0.3) is 0 Å². The number of nitrogens with one attached hydrogen (secondary N) is 2. The lowest BCUT2D eigenvalue weighted by molar-refractivity contribution is -0.139. The molecule has 0 fully saturated rings. The van der Waals surface area contributed by atoms with Crippen molar-refractivity contribution in [3.63, 3.8) is 0 Å². The highest BCUT2D eigenvalue weighted by molar-refractivity contribution is 7.91. The Kier molecular flexibility index (Phi) is 6.82. The SMILES string of the molecule is CCCNC(=O)C(=O)NC[C@H](c1ccco1)S(=O)(=O)c1ccc(Cl)cc1. The fourth-order valence-corrected chi connectivity index (χ4v) is 3.92. The number of hydrogen-bond donors (Lipinski definition) is 2. The summed E-state index contributed by atoms with van der Waals surface area (Å²) in [6, 6.07) is 8.73. The molecule has 0 bridgehead atoms. The lowest BCUT2D eigenvalue weighted by Gasteiger charge is -2.16. The Hall–Kier alpha value is -2.32. The molecule has 0 aliphatic heterocycles. The van der Waals surface area contributed by atoms with Crippen molar-refractivity contribution >= 4 is 33.3 Å². The highest BCUT2D eigenvalue weighted by Crippen LogP contribution is 2.29. The number of amides is 2. The first kappa shape index (κ1) is 20.0. The van der Waals surface area contributed by atoms with E-state index in [2.05, 4.69) is 10.6 Å². The van der Waals surface area contributed by atoms with Crippen molar-refractivity contribution < 1.29 is 22.4 Å². The van der Waals surface area contributed by atoms with Crippen LogP contribution < -0.4 is 10.6 Å². The number of rotatable bonds is 7. The maximum absolute atomic E-state index is 12.9. The third-order valence-electron chi connectivity index (χ3n) is 3.57. The van der Waals surface area contributed by atoms with E-state index in [1.165, 1.54) is 36.6 Å². The molecule has 26 heavy (non-hydrogen) atoms. The number of benzene rings is 1. The summed E-state index contributed by atoms with van der Waals surface area (Å²) < 4.78 is 31.1. The van der Waals surface area contributed by atoms with E-state index in [1.807, 2.05) is 6.92 Å². The van der Waals surface area contributed by atoms with E-state index in [1.54, 1.807) is 6.07 Å². The Morgan fingerprint density at radius 3 is 2.35 bits per heavy atom. The van der Waals surface area contributed by atoms with E-state index < -0.39 is 26.9 Å². The monoisotopic (exact) mass is 398 g/mol. The molecule has 140 valence electrons. The topological polar surface area (TPSA) is 105 Å². The Morgan fingerprint density at radius 2 is 1.77 bits per heavy atom. The van der Waals surface area contributed by atoms with Crippen LogP contribution >= 0.6 is 11.6 Å². The van der Waals surface area contributed by atoms with Gasteiger partial charge in [-0.15, -0.1) is 0 Å². The predicted molar refractivity (Wildman–Crippen MR) is 96.4 cm³/mol. The number of halogens is 1. The molecule has 2 amide bonds. The van der Waals surface area contributed by atoms with Gasteiger partial charge in [-0.1, -0.05) is 18.5 Å². The Labute approximate surface area is 156 Å². The lowest BCUT2D eigenvalue weighted by Crippen LogP contribution is -2.42. The Bertz CT molecular complexity index is 848. The maximum atomic E-state index is 12.9. The first-order chi connectivity index (χ1) is 12.4. The molecular formula is C17H19ClN2O5S. The standard InChI is InChI=1S/C17H19ClN2O5S/c1-2-9-19-16(21)17(22)20-11-15(14-4-3-10-25-14)26(23,24)13-7-5-12(18)6-8-13/h3-8,10,15H,2,9,11H2,1H3,(H,19,21)(H,20,22)/t15-/m1/s1. The van der Waals surface area contributed by atoms with Crippen LogP contribution in [0.3, 0.4) is 0 Å². The second kappa shape index (κ2) is 8.86. The van der Waals surface area contributed by atoms with Crippen LogP contribution in [0.1, 0.15) is 24.4 Å². The fraction of sp³-hybridized carbons (Fsp3) is 0.294. The molecule has 9 heteroatoms. The summed E-state index contributed by atoms with van der Waals surface area (Å²) >= 11 is 5.81. The zero-order chi connectivity index (χ0) is 19.2. The summed E-state index contributed by atoms with van der Waals surface area (Å²) in [5.41, 5.74) is 0. The molecule has 2 aromatic rings. The van der Waals surface area contributed by atoms with Crippen molar-refractivity contribution in [3.05, 3.63) is 53.4 Å². The number of carbonyl (C=O) groups excluding carboxylic acids is 2. The molecule has 0 saturated heterocycles. The smallest absolute Gasteiger partial charge is 0.309 e. The van der Waals surface area contributed by atoms with Gasteiger partial charge < -0.3 is 15.1 Å². The van der Waals surface area contributed by atoms with Gasteiger partial charge in [-0.2, -0.15) is 0 Å². The molecule has 1 aromatic heterocycles. The molecule has 1 heterocycles. The zero-order valence-electron chi connectivity index (χ0n) is 14.1. The van der Waals surface area contributed by atoms with Crippen molar-refractivity contribution in [2.24, 2.45) is 0 Å². The van der Waals surface area contributed by atoms with Crippen LogP contribution in [-0.2, 0) is 19.4 Å². The van der Waals surface area contributed by atoms with E-state index in [0.29, 0.717) is 18.0 Å². The average molecular weight is 399 g/mol. The Balaban J connectivity index is 2.21. The number of carbonyl (C=O) groups is 2. The van der Waals surface area contributed by atoms with Crippen molar-refractivity contribution in [1.29, 1.82) is 0 Å². The molecule has 0 unspecified atom stereocenters. The van der Waals surface area contributed by atoms with Crippen LogP contribution in [0.2, 0.25) is 5.02 Å². The molecule has 2 N–H and O–H groups in total. The van der Waals surface area contributed by atoms with Crippen LogP contribution in [-0.4, -0.2) is 33.3 Å². The third-order valence-corrected chi connectivity index (χ3v) is 5.90. The highest BCUT2D eigenvalue weighted by atomic mass is 35.5. The van der Waals surface area contributed by atoms with Gasteiger partial charge in [0.25, 0.3) is 0 Å². The normalized spacial score (nSPS) is 12.4. The van der Waals surface area contributed by atoms with Crippen LogP contribution in [0, 0.1) is 0 Å². The van der Waals surface area contributed by atoms with Gasteiger partial charge in [0.1, 0.15) is 11.0 Å². The molecule has 2 rings (SSSR count). The first-order valence-electron chi connectivity index (χ1n) is 7.95. The fourth-order valence-electron chi connectivity index (χ4n) is 2.21. The van der Waals surface area contributed by atoms with Crippen molar-refractivity contribution in [2.75, 3.05) is 13.1 Å². The third kappa shape index (κ3) is 4.86. The molecule has 0 radical (unpaired) electrons. The minimum absolute atomic E-state index is 0.0352. The van der Waals surface area contributed by atoms with Crippen LogP contribution in [0.4, 0.5) is 0 Å². The van der Waals surface area contributed by atoms with Gasteiger partial charge in [0.15, 0.2) is 9.84 Å². The predicted octanol–water partition coefficient (Wildman–Crippen LogP) is 2.09. The van der Waals surface area contributed by atoms with Gasteiger partial charge in [-0.25, -0.2) is 8.42 Å². The van der Waals surface area contributed by atoms with E-state index in [-0.39, 0.29) is 17.2 Å². The van der Waals surface area contributed by atoms with E-state index in [0.717, 1.165) is 0 Å². The van der Waals surface area contributed by atoms with Crippen LogP contribution in [0.15, 0.2) is 52.0 Å². The van der Waals surface area contributed by atoms with E-state index >= 15 is 0 Å². The quantitative estimate of drug-likeness (QED) is 0.695.